The number of methoxy groups -OCH3 is 1. The van der Waals surface area contributed by atoms with Crippen LogP contribution < -0.4 is 5.32 Å². The molecule has 0 spiro atoms. The van der Waals surface area contributed by atoms with E-state index in [9.17, 15) is 9.59 Å². The molecule has 0 aliphatic carbocycles. The lowest BCUT2D eigenvalue weighted by atomic mass is 10.1. The first kappa shape index (κ1) is 16.7. The molecule has 21 heavy (non-hydrogen) atoms. The molecule has 0 aliphatic rings. The SMILES string of the molecule is C=CCN(CCOC)C(=O)Nc1ccc(C)c(C(=O)O)c1. The van der Waals surface area contributed by atoms with Crippen LogP contribution in [0.25, 0.3) is 0 Å². The smallest absolute Gasteiger partial charge is 0.336 e. The highest BCUT2D eigenvalue weighted by molar-refractivity contribution is 5.94. The van der Waals surface area contributed by atoms with Crippen LogP contribution in [-0.2, 0) is 4.74 Å². The molecular formula is C15H20N2O4. The van der Waals surface area contributed by atoms with Gasteiger partial charge in [0.2, 0.25) is 0 Å². The molecule has 1 aromatic rings. The molecule has 0 atom stereocenters. The highest BCUT2D eigenvalue weighted by Crippen LogP contribution is 2.16. The Labute approximate surface area is 124 Å². The van der Waals surface area contributed by atoms with E-state index >= 15 is 0 Å². The molecule has 1 rings (SSSR count). The zero-order valence-electron chi connectivity index (χ0n) is 12.3. The maximum Gasteiger partial charge on any atom is 0.336 e. The Balaban J connectivity index is 2.82. The van der Waals surface area contributed by atoms with Crippen molar-refractivity contribution in [1.29, 1.82) is 0 Å². The Morgan fingerprint density at radius 2 is 2.19 bits per heavy atom. The quantitative estimate of drug-likeness (QED) is 0.756. The normalized spacial score (nSPS) is 10.0. The van der Waals surface area contributed by atoms with Crippen LogP contribution in [0.3, 0.4) is 0 Å². The fourth-order valence-corrected chi connectivity index (χ4v) is 1.77. The van der Waals surface area contributed by atoms with Crippen molar-refractivity contribution in [2.75, 3.05) is 32.1 Å². The average molecular weight is 292 g/mol. The molecule has 1 aromatic carbocycles. The summed E-state index contributed by atoms with van der Waals surface area (Å²) in [6.45, 7) is 6.53. The number of carboxylic acid groups (broad SMARTS) is 1. The third-order valence-electron chi connectivity index (χ3n) is 2.92. The lowest BCUT2D eigenvalue weighted by Crippen LogP contribution is -2.37. The lowest BCUT2D eigenvalue weighted by molar-refractivity contribution is 0.0696. The van der Waals surface area contributed by atoms with E-state index in [1.54, 1.807) is 32.2 Å². The third-order valence-corrected chi connectivity index (χ3v) is 2.92. The number of ether oxygens (including phenoxy) is 1. The number of rotatable bonds is 7. The first-order valence-electron chi connectivity index (χ1n) is 6.49. The van der Waals surface area contributed by atoms with Gasteiger partial charge in [-0.05, 0) is 24.6 Å². The van der Waals surface area contributed by atoms with Crippen LogP contribution in [0.5, 0.6) is 0 Å². The van der Waals surface area contributed by atoms with E-state index in [2.05, 4.69) is 11.9 Å². The Hall–Kier alpha value is -2.34. The van der Waals surface area contributed by atoms with Gasteiger partial charge in [-0.15, -0.1) is 6.58 Å². The van der Waals surface area contributed by atoms with Crippen molar-refractivity contribution >= 4 is 17.7 Å². The van der Waals surface area contributed by atoms with E-state index in [0.717, 1.165) is 0 Å². The van der Waals surface area contributed by atoms with E-state index in [0.29, 0.717) is 30.9 Å². The number of benzene rings is 1. The van der Waals surface area contributed by atoms with Crippen LogP contribution in [0.15, 0.2) is 30.9 Å². The number of aryl methyl sites for hydroxylation is 1. The number of hydrogen-bond donors (Lipinski definition) is 2. The van der Waals surface area contributed by atoms with Crippen LogP contribution in [-0.4, -0.2) is 48.8 Å². The first-order chi connectivity index (χ1) is 9.99. The van der Waals surface area contributed by atoms with Gasteiger partial charge in [0.25, 0.3) is 0 Å². The zero-order chi connectivity index (χ0) is 15.8. The Morgan fingerprint density at radius 3 is 2.76 bits per heavy atom. The monoisotopic (exact) mass is 292 g/mol. The molecule has 0 heterocycles. The molecule has 0 unspecified atom stereocenters. The molecule has 6 nitrogen and oxygen atoms in total. The number of aromatic carboxylic acids is 1. The summed E-state index contributed by atoms with van der Waals surface area (Å²) in [6.07, 6.45) is 1.62. The summed E-state index contributed by atoms with van der Waals surface area (Å²) in [7, 11) is 1.56. The number of hydrogen-bond acceptors (Lipinski definition) is 3. The van der Waals surface area contributed by atoms with Gasteiger partial charge in [-0.1, -0.05) is 12.1 Å². The molecular weight excluding hydrogens is 272 g/mol. The van der Waals surface area contributed by atoms with Crippen LogP contribution in [0.4, 0.5) is 10.5 Å². The summed E-state index contributed by atoms with van der Waals surface area (Å²) in [5, 5.41) is 11.8. The van der Waals surface area contributed by atoms with Crippen molar-refractivity contribution in [2.45, 2.75) is 6.92 Å². The number of carboxylic acids is 1. The molecule has 0 aliphatic heterocycles. The highest BCUT2D eigenvalue weighted by Gasteiger charge is 2.14. The number of urea groups is 1. The number of anilines is 1. The zero-order valence-corrected chi connectivity index (χ0v) is 12.3. The second kappa shape index (κ2) is 8.06. The minimum Gasteiger partial charge on any atom is -0.478 e. The van der Waals surface area contributed by atoms with Gasteiger partial charge in [0.15, 0.2) is 0 Å². The van der Waals surface area contributed by atoms with E-state index in [4.69, 9.17) is 9.84 Å². The van der Waals surface area contributed by atoms with Crippen molar-refractivity contribution in [3.05, 3.63) is 42.0 Å². The van der Waals surface area contributed by atoms with Crippen LogP contribution >= 0.6 is 0 Å². The Bertz CT molecular complexity index is 528. The standard InChI is InChI=1S/C15H20N2O4/c1-4-7-17(8-9-21-3)15(20)16-12-6-5-11(2)13(10-12)14(18)19/h4-6,10H,1,7-9H2,2-3H3,(H,16,20)(H,18,19). The maximum atomic E-state index is 12.1. The van der Waals surface area contributed by atoms with E-state index < -0.39 is 5.97 Å². The summed E-state index contributed by atoms with van der Waals surface area (Å²) < 4.78 is 4.95. The topological polar surface area (TPSA) is 78.9 Å². The van der Waals surface area contributed by atoms with Gasteiger partial charge < -0.3 is 20.1 Å². The molecule has 2 N–H and O–H groups in total. The number of nitrogens with one attached hydrogen (secondary N) is 1. The van der Waals surface area contributed by atoms with Crippen molar-refractivity contribution in [3.63, 3.8) is 0 Å². The molecule has 114 valence electrons. The summed E-state index contributed by atoms with van der Waals surface area (Å²) in [4.78, 5) is 24.7. The third kappa shape index (κ3) is 4.92. The van der Waals surface area contributed by atoms with Crippen LogP contribution in [0.1, 0.15) is 15.9 Å². The van der Waals surface area contributed by atoms with Gasteiger partial charge in [0, 0.05) is 25.9 Å². The molecule has 0 saturated heterocycles. The van der Waals surface area contributed by atoms with Crippen LogP contribution in [0.2, 0.25) is 0 Å². The fraction of sp³-hybridized carbons (Fsp3) is 0.333. The fourth-order valence-electron chi connectivity index (χ4n) is 1.77. The number of carbonyl (C=O) groups excluding carboxylic acids is 1. The summed E-state index contributed by atoms with van der Waals surface area (Å²) in [6, 6.07) is 4.44. The largest absolute Gasteiger partial charge is 0.478 e. The molecule has 2 amide bonds. The second-order valence-corrected chi connectivity index (χ2v) is 4.49. The van der Waals surface area contributed by atoms with Crippen molar-refractivity contribution in [3.8, 4) is 0 Å². The van der Waals surface area contributed by atoms with Gasteiger partial charge >= 0.3 is 12.0 Å². The summed E-state index contributed by atoms with van der Waals surface area (Å²) in [5.74, 6) is -1.02. The number of nitrogens with zero attached hydrogens (tertiary/aromatic N) is 1. The number of amides is 2. The molecule has 0 aromatic heterocycles. The highest BCUT2D eigenvalue weighted by atomic mass is 16.5. The Morgan fingerprint density at radius 1 is 1.48 bits per heavy atom. The molecule has 0 bridgehead atoms. The van der Waals surface area contributed by atoms with E-state index in [1.807, 2.05) is 0 Å². The number of carbonyl (C=O) groups is 2. The predicted octanol–water partition coefficient (Wildman–Crippen LogP) is 2.36. The van der Waals surface area contributed by atoms with Gasteiger partial charge in [0.1, 0.15) is 0 Å². The lowest BCUT2D eigenvalue weighted by Gasteiger charge is -2.21. The summed E-state index contributed by atoms with van der Waals surface area (Å²) in [5.41, 5.74) is 1.25. The van der Waals surface area contributed by atoms with Crippen molar-refractivity contribution < 1.29 is 19.4 Å². The van der Waals surface area contributed by atoms with E-state index in [-0.39, 0.29) is 11.6 Å². The average Bonchev–Trinajstić information content (AvgIpc) is 2.45. The molecule has 0 fully saturated rings. The Kier molecular flexibility index (Phi) is 6.42. The first-order valence-corrected chi connectivity index (χ1v) is 6.49. The van der Waals surface area contributed by atoms with Gasteiger partial charge in [-0.25, -0.2) is 9.59 Å². The van der Waals surface area contributed by atoms with Crippen molar-refractivity contribution in [1.82, 2.24) is 4.90 Å². The van der Waals surface area contributed by atoms with Gasteiger partial charge in [0.05, 0.1) is 12.2 Å². The predicted molar refractivity (Wildman–Crippen MR) is 80.8 cm³/mol. The second-order valence-electron chi connectivity index (χ2n) is 4.49. The van der Waals surface area contributed by atoms with Crippen molar-refractivity contribution in [2.24, 2.45) is 0 Å². The van der Waals surface area contributed by atoms with E-state index in [1.165, 1.54) is 11.0 Å². The minimum absolute atomic E-state index is 0.167. The van der Waals surface area contributed by atoms with Gasteiger partial charge in [-0.2, -0.15) is 0 Å². The molecule has 6 heteroatoms. The molecule has 0 saturated carbocycles. The van der Waals surface area contributed by atoms with Crippen LogP contribution in [0, 0.1) is 6.92 Å². The molecule has 0 radical (unpaired) electrons. The maximum absolute atomic E-state index is 12.1. The summed E-state index contributed by atoms with van der Waals surface area (Å²) >= 11 is 0. The minimum atomic E-state index is -1.02. The van der Waals surface area contributed by atoms with Gasteiger partial charge in [-0.3, -0.25) is 0 Å².